The van der Waals surface area contributed by atoms with Crippen LogP contribution in [0, 0.1) is 5.41 Å². The fraction of sp³-hybridized carbons (Fsp3) is 0.583. The summed E-state index contributed by atoms with van der Waals surface area (Å²) in [5.74, 6) is 0.00609. The van der Waals surface area contributed by atoms with Crippen LogP contribution in [0.5, 0.6) is 0 Å². The molecule has 1 aliphatic carbocycles. The first-order valence-corrected chi connectivity index (χ1v) is 6.54. The number of aliphatic hydroxyl groups excluding tert-OH is 1. The third kappa shape index (κ3) is 2.28. The molecule has 0 radical (unpaired) electrons. The third-order valence-electron chi connectivity index (χ3n) is 3.25. The second-order valence-electron chi connectivity index (χ2n) is 4.47. The Bertz CT molecular complexity index is 382. The van der Waals surface area contributed by atoms with Crippen molar-refractivity contribution in [2.75, 3.05) is 13.2 Å². The molecule has 0 spiro atoms. The van der Waals surface area contributed by atoms with Crippen LogP contribution < -0.4 is 5.32 Å². The number of amides is 1. The molecular formula is C12H17NO2S. The molecule has 2 rings (SSSR count). The fourth-order valence-corrected chi connectivity index (χ4v) is 2.64. The van der Waals surface area contributed by atoms with Crippen molar-refractivity contribution in [2.24, 2.45) is 5.41 Å². The largest absolute Gasteiger partial charge is 0.396 e. The van der Waals surface area contributed by atoms with Gasteiger partial charge in [-0.15, -0.1) is 11.3 Å². The first-order valence-electron chi connectivity index (χ1n) is 5.66. The first kappa shape index (κ1) is 11.6. The molecule has 1 aromatic rings. The van der Waals surface area contributed by atoms with E-state index in [2.05, 4.69) is 12.2 Å². The van der Waals surface area contributed by atoms with Crippen LogP contribution in [0.4, 0.5) is 0 Å². The van der Waals surface area contributed by atoms with Crippen molar-refractivity contribution in [3.63, 3.8) is 0 Å². The molecule has 0 saturated heterocycles. The predicted molar refractivity (Wildman–Crippen MR) is 64.8 cm³/mol. The summed E-state index contributed by atoms with van der Waals surface area (Å²) in [5.41, 5.74) is 1.09. The van der Waals surface area contributed by atoms with Gasteiger partial charge >= 0.3 is 0 Å². The van der Waals surface area contributed by atoms with Crippen LogP contribution in [0.2, 0.25) is 0 Å². The normalized spacial score (nSPS) is 17.1. The Kier molecular flexibility index (Phi) is 3.30. The summed E-state index contributed by atoms with van der Waals surface area (Å²) in [7, 11) is 0. The van der Waals surface area contributed by atoms with E-state index in [0.717, 1.165) is 29.7 Å². The first-order chi connectivity index (χ1) is 7.71. The second kappa shape index (κ2) is 4.55. The van der Waals surface area contributed by atoms with Gasteiger partial charge in [-0.1, -0.05) is 6.92 Å². The molecule has 1 fully saturated rings. The summed E-state index contributed by atoms with van der Waals surface area (Å²) in [6, 6.07) is 2.00. The highest BCUT2D eigenvalue weighted by molar-refractivity contribution is 7.12. The van der Waals surface area contributed by atoms with Gasteiger partial charge in [0.2, 0.25) is 0 Å². The average Bonchev–Trinajstić information content (AvgIpc) is 2.94. The molecule has 4 heteroatoms. The maximum absolute atomic E-state index is 11.9. The molecule has 1 aliphatic rings. The van der Waals surface area contributed by atoms with E-state index in [-0.39, 0.29) is 17.9 Å². The Hall–Kier alpha value is -0.870. The van der Waals surface area contributed by atoms with Gasteiger partial charge < -0.3 is 10.4 Å². The minimum atomic E-state index is -0.0146. The van der Waals surface area contributed by atoms with Gasteiger partial charge in [-0.05, 0) is 36.3 Å². The van der Waals surface area contributed by atoms with E-state index in [0.29, 0.717) is 6.54 Å². The number of thiophene rings is 1. The van der Waals surface area contributed by atoms with Crippen LogP contribution in [-0.4, -0.2) is 24.2 Å². The smallest absolute Gasteiger partial charge is 0.261 e. The second-order valence-corrected chi connectivity index (χ2v) is 5.39. The zero-order valence-electron chi connectivity index (χ0n) is 9.45. The highest BCUT2D eigenvalue weighted by Crippen LogP contribution is 2.44. The van der Waals surface area contributed by atoms with Gasteiger partial charge in [0.15, 0.2) is 0 Å². The Labute approximate surface area is 99.5 Å². The molecule has 16 heavy (non-hydrogen) atoms. The number of carbonyl (C=O) groups is 1. The number of hydrogen-bond donors (Lipinski definition) is 2. The van der Waals surface area contributed by atoms with Crippen LogP contribution in [-0.2, 0) is 6.42 Å². The molecular weight excluding hydrogens is 222 g/mol. The van der Waals surface area contributed by atoms with Crippen molar-refractivity contribution >= 4 is 17.2 Å². The Morgan fingerprint density at radius 3 is 2.94 bits per heavy atom. The lowest BCUT2D eigenvalue weighted by Crippen LogP contribution is -2.31. The van der Waals surface area contributed by atoms with E-state index < -0.39 is 0 Å². The van der Waals surface area contributed by atoms with E-state index in [1.54, 1.807) is 0 Å². The molecule has 1 amide bonds. The lowest BCUT2D eigenvalue weighted by atomic mass is 10.1. The molecule has 1 aromatic heterocycles. The number of aryl methyl sites for hydroxylation is 1. The molecule has 1 saturated carbocycles. The van der Waals surface area contributed by atoms with Gasteiger partial charge in [0.25, 0.3) is 5.91 Å². The molecule has 3 nitrogen and oxygen atoms in total. The lowest BCUT2D eigenvalue weighted by molar-refractivity contribution is 0.0938. The summed E-state index contributed by atoms with van der Waals surface area (Å²) < 4.78 is 0. The molecule has 0 aromatic carbocycles. The van der Waals surface area contributed by atoms with E-state index in [9.17, 15) is 4.79 Å². The number of aliphatic hydroxyl groups is 1. The number of rotatable bonds is 5. The van der Waals surface area contributed by atoms with Crippen LogP contribution in [0.3, 0.4) is 0 Å². The van der Waals surface area contributed by atoms with Crippen molar-refractivity contribution in [2.45, 2.75) is 26.2 Å². The van der Waals surface area contributed by atoms with Crippen LogP contribution in [0.25, 0.3) is 0 Å². The molecule has 1 heterocycles. The van der Waals surface area contributed by atoms with E-state index in [4.69, 9.17) is 5.11 Å². The number of carbonyl (C=O) groups excluding carboxylic acids is 1. The maximum atomic E-state index is 11.9. The molecule has 0 aliphatic heterocycles. The predicted octanol–water partition coefficient (Wildman–Crippen LogP) is 1.81. The average molecular weight is 239 g/mol. The minimum Gasteiger partial charge on any atom is -0.396 e. The van der Waals surface area contributed by atoms with E-state index >= 15 is 0 Å². The number of nitrogens with one attached hydrogen (secondary N) is 1. The van der Waals surface area contributed by atoms with Crippen molar-refractivity contribution in [1.82, 2.24) is 5.32 Å². The van der Waals surface area contributed by atoms with Crippen molar-refractivity contribution < 1.29 is 9.90 Å². The molecule has 88 valence electrons. The summed E-state index contributed by atoms with van der Waals surface area (Å²) in [6.45, 7) is 2.83. The Morgan fingerprint density at radius 1 is 1.62 bits per heavy atom. The van der Waals surface area contributed by atoms with Gasteiger partial charge in [-0.3, -0.25) is 4.79 Å². The molecule has 0 atom stereocenters. The van der Waals surface area contributed by atoms with E-state index in [1.807, 2.05) is 11.4 Å². The van der Waals surface area contributed by atoms with Gasteiger partial charge in [0, 0.05) is 12.0 Å². The topological polar surface area (TPSA) is 49.3 Å². The van der Waals surface area contributed by atoms with Gasteiger partial charge in [0.1, 0.15) is 0 Å². The summed E-state index contributed by atoms with van der Waals surface area (Å²) in [6.07, 6.45) is 2.93. The molecule has 0 bridgehead atoms. The zero-order valence-corrected chi connectivity index (χ0v) is 10.3. The van der Waals surface area contributed by atoms with Gasteiger partial charge in [-0.2, -0.15) is 0 Å². The summed E-state index contributed by atoms with van der Waals surface area (Å²) >= 11 is 1.49. The quantitative estimate of drug-likeness (QED) is 0.823. The highest BCUT2D eigenvalue weighted by Gasteiger charge is 2.42. The van der Waals surface area contributed by atoms with Gasteiger partial charge in [-0.25, -0.2) is 0 Å². The molecule has 2 N–H and O–H groups in total. The molecule has 0 unspecified atom stereocenters. The minimum absolute atomic E-state index is 0.00609. The monoisotopic (exact) mass is 239 g/mol. The number of hydrogen-bond acceptors (Lipinski definition) is 3. The third-order valence-corrected chi connectivity index (χ3v) is 4.21. The standard InChI is InChI=1S/C12H17NO2S/c1-2-9-3-6-16-10(9)11(15)13-7-12(8-14)4-5-12/h3,6,14H,2,4-5,7-8H2,1H3,(H,13,15). The van der Waals surface area contributed by atoms with Crippen LogP contribution in [0.1, 0.15) is 35.0 Å². The van der Waals surface area contributed by atoms with Crippen molar-refractivity contribution in [3.8, 4) is 0 Å². The lowest BCUT2D eigenvalue weighted by Gasteiger charge is -2.12. The fourth-order valence-electron chi connectivity index (χ4n) is 1.73. The Balaban J connectivity index is 1.93. The zero-order chi connectivity index (χ0) is 11.6. The van der Waals surface area contributed by atoms with Crippen LogP contribution in [0.15, 0.2) is 11.4 Å². The highest BCUT2D eigenvalue weighted by atomic mass is 32.1. The van der Waals surface area contributed by atoms with Gasteiger partial charge in [0.05, 0.1) is 11.5 Å². The Morgan fingerprint density at radius 2 is 2.38 bits per heavy atom. The van der Waals surface area contributed by atoms with Crippen molar-refractivity contribution in [3.05, 3.63) is 21.9 Å². The van der Waals surface area contributed by atoms with E-state index in [1.165, 1.54) is 11.3 Å². The summed E-state index contributed by atoms with van der Waals surface area (Å²) in [5, 5.41) is 14.0. The SMILES string of the molecule is CCc1ccsc1C(=O)NCC1(CO)CC1. The van der Waals surface area contributed by atoms with Crippen LogP contribution >= 0.6 is 11.3 Å². The van der Waals surface area contributed by atoms with Crippen molar-refractivity contribution in [1.29, 1.82) is 0 Å². The summed E-state index contributed by atoms with van der Waals surface area (Å²) in [4.78, 5) is 12.7. The maximum Gasteiger partial charge on any atom is 0.261 e.